The molecule has 0 spiro atoms. The number of nitrogen functional groups attached to an aromatic ring is 1. The van der Waals surface area contributed by atoms with E-state index in [-0.39, 0.29) is 12.8 Å². The lowest BCUT2D eigenvalue weighted by molar-refractivity contribution is 0.560. The van der Waals surface area contributed by atoms with E-state index >= 15 is 0 Å². The maximum absolute atomic E-state index is 6.01. The number of rotatable bonds is 1. The van der Waals surface area contributed by atoms with Crippen LogP contribution < -0.4 is 5.73 Å². The molecule has 0 aliphatic heterocycles. The molecule has 0 aliphatic carbocycles. The van der Waals surface area contributed by atoms with Crippen molar-refractivity contribution >= 4 is 5.82 Å². The standard InChI is InChI=1S/C14H19N3.CH4/c1-10-5-7-11(8-6-10)17-13(15)9-12(16-17)14(2,3)4;/h5-9H,15H2,1-4H3;1H4. The number of aryl methyl sites for hydroxylation is 1. The molecule has 0 aliphatic rings. The first kappa shape index (κ1) is 14.3. The molecule has 0 bridgehead atoms. The molecule has 3 heteroatoms. The second-order valence-corrected chi connectivity index (χ2v) is 5.45. The van der Waals surface area contributed by atoms with Crippen molar-refractivity contribution in [2.75, 3.05) is 5.73 Å². The summed E-state index contributed by atoms with van der Waals surface area (Å²) in [4.78, 5) is 0. The van der Waals surface area contributed by atoms with E-state index in [1.54, 1.807) is 4.68 Å². The lowest BCUT2D eigenvalue weighted by Crippen LogP contribution is -2.12. The van der Waals surface area contributed by atoms with Gasteiger partial charge in [-0.05, 0) is 19.1 Å². The molecule has 98 valence electrons. The zero-order valence-electron chi connectivity index (χ0n) is 10.9. The molecule has 0 saturated carbocycles. The van der Waals surface area contributed by atoms with Crippen molar-refractivity contribution in [2.24, 2.45) is 0 Å². The third-order valence-electron chi connectivity index (χ3n) is 2.78. The second kappa shape index (κ2) is 4.84. The Hall–Kier alpha value is -1.77. The van der Waals surface area contributed by atoms with Crippen LogP contribution >= 0.6 is 0 Å². The van der Waals surface area contributed by atoms with Crippen LogP contribution in [0.4, 0.5) is 5.82 Å². The van der Waals surface area contributed by atoms with Crippen LogP contribution in [0, 0.1) is 6.92 Å². The van der Waals surface area contributed by atoms with Crippen LogP contribution in [0.25, 0.3) is 5.69 Å². The Bertz CT molecular complexity index is 516. The first-order valence-corrected chi connectivity index (χ1v) is 5.81. The monoisotopic (exact) mass is 245 g/mol. The average molecular weight is 245 g/mol. The minimum atomic E-state index is 0. The van der Waals surface area contributed by atoms with Crippen molar-refractivity contribution in [3.05, 3.63) is 41.6 Å². The zero-order chi connectivity index (χ0) is 12.6. The topological polar surface area (TPSA) is 43.8 Å². The SMILES string of the molecule is C.Cc1ccc(-n2nc(C(C)(C)C)cc2N)cc1. The van der Waals surface area contributed by atoms with Crippen LogP contribution in [0.5, 0.6) is 0 Å². The highest BCUT2D eigenvalue weighted by molar-refractivity contribution is 5.44. The van der Waals surface area contributed by atoms with Crippen LogP contribution in [0.1, 0.15) is 39.5 Å². The van der Waals surface area contributed by atoms with E-state index in [0.717, 1.165) is 11.4 Å². The summed E-state index contributed by atoms with van der Waals surface area (Å²) in [5.41, 5.74) is 9.27. The molecule has 3 nitrogen and oxygen atoms in total. The van der Waals surface area contributed by atoms with Gasteiger partial charge in [-0.3, -0.25) is 0 Å². The summed E-state index contributed by atoms with van der Waals surface area (Å²) in [6.07, 6.45) is 0. The summed E-state index contributed by atoms with van der Waals surface area (Å²) < 4.78 is 1.79. The molecule has 0 fully saturated rings. The summed E-state index contributed by atoms with van der Waals surface area (Å²) in [7, 11) is 0. The van der Waals surface area contributed by atoms with Gasteiger partial charge in [0, 0.05) is 11.5 Å². The van der Waals surface area contributed by atoms with Crippen molar-refractivity contribution in [1.29, 1.82) is 0 Å². The molecule has 2 aromatic rings. The Morgan fingerprint density at radius 3 is 2.11 bits per heavy atom. The van der Waals surface area contributed by atoms with Crippen molar-refractivity contribution in [2.45, 2.75) is 40.5 Å². The number of aromatic nitrogens is 2. The molecule has 1 aromatic heterocycles. The van der Waals surface area contributed by atoms with Crippen molar-refractivity contribution in [3.8, 4) is 5.69 Å². The second-order valence-electron chi connectivity index (χ2n) is 5.45. The van der Waals surface area contributed by atoms with Crippen LogP contribution in [-0.4, -0.2) is 9.78 Å². The largest absolute Gasteiger partial charge is 0.384 e. The normalized spacial score (nSPS) is 11.1. The summed E-state index contributed by atoms with van der Waals surface area (Å²) in [5, 5.41) is 4.57. The van der Waals surface area contributed by atoms with E-state index in [9.17, 15) is 0 Å². The lowest BCUT2D eigenvalue weighted by Gasteiger charge is -2.14. The molecule has 18 heavy (non-hydrogen) atoms. The van der Waals surface area contributed by atoms with Crippen molar-refractivity contribution < 1.29 is 0 Å². The van der Waals surface area contributed by atoms with Gasteiger partial charge in [0.05, 0.1) is 11.4 Å². The Kier molecular flexibility index (Phi) is 3.85. The lowest BCUT2D eigenvalue weighted by atomic mass is 9.92. The highest BCUT2D eigenvalue weighted by atomic mass is 15.3. The Morgan fingerprint density at radius 1 is 1.11 bits per heavy atom. The number of benzene rings is 1. The van der Waals surface area contributed by atoms with Crippen LogP contribution in [0.3, 0.4) is 0 Å². The molecule has 0 atom stereocenters. The molecular formula is C15H23N3. The van der Waals surface area contributed by atoms with Crippen molar-refractivity contribution in [1.82, 2.24) is 9.78 Å². The van der Waals surface area contributed by atoms with Gasteiger partial charge in [0.2, 0.25) is 0 Å². The van der Waals surface area contributed by atoms with E-state index in [1.165, 1.54) is 5.56 Å². The number of nitrogens with zero attached hydrogens (tertiary/aromatic N) is 2. The summed E-state index contributed by atoms with van der Waals surface area (Å²) in [6.45, 7) is 8.47. The third-order valence-corrected chi connectivity index (χ3v) is 2.78. The first-order valence-electron chi connectivity index (χ1n) is 5.81. The maximum atomic E-state index is 6.01. The predicted octanol–water partition coefficient (Wildman–Crippen LogP) is 3.70. The van der Waals surface area contributed by atoms with Gasteiger partial charge in [-0.15, -0.1) is 0 Å². The molecule has 0 saturated heterocycles. The minimum Gasteiger partial charge on any atom is -0.384 e. The molecule has 0 unspecified atom stereocenters. The van der Waals surface area contributed by atoms with Crippen LogP contribution in [0.15, 0.2) is 30.3 Å². The fourth-order valence-corrected chi connectivity index (χ4v) is 1.65. The predicted molar refractivity (Wildman–Crippen MR) is 78.1 cm³/mol. The molecular weight excluding hydrogens is 222 g/mol. The third kappa shape index (κ3) is 2.73. The fourth-order valence-electron chi connectivity index (χ4n) is 1.65. The summed E-state index contributed by atoms with van der Waals surface area (Å²) in [5.74, 6) is 0.679. The Balaban J connectivity index is 0.00000162. The van der Waals surface area contributed by atoms with Gasteiger partial charge in [-0.2, -0.15) is 5.10 Å². The number of hydrogen-bond donors (Lipinski definition) is 1. The van der Waals surface area contributed by atoms with Gasteiger partial charge >= 0.3 is 0 Å². The zero-order valence-corrected chi connectivity index (χ0v) is 10.9. The highest BCUT2D eigenvalue weighted by Gasteiger charge is 2.19. The number of anilines is 1. The molecule has 0 radical (unpaired) electrons. The van der Waals surface area contributed by atoms with E-state index in [0.29, 0.717) is 5.82 Å². The van der Waals surface area contributed by atoms with Gasteiger partial charge in [0.1, 0.15) is 5.82 Å². The molecule has 1 heterocycles. The van der Waals surface area contributed by atoms with Gasteiger partial charge in [-0.1, -0.05) is 45.9 Å². The summed E-state index contributed by atoms with van der Waals surface area (Å²) >= 11 is 0. The van der Waals surface area contributed by atoms with Crippen molar-refractivity contribution in [3.63, 3.8) is 0 Å². The molecule has 2 rings (SSSR count). The fraction of sp³-hybridized carbons (Fsp3) is 0.400. The van der Waals surface area contributed by atoms with Gasteiger partial charge < -0.3 is 5.73 Å². The van der Waals surface area contributed by atoms with Crippen LogP contribution in [-0.2, 0) is 5.41 Å². The van der Waals surface area contributed by atoms with E-state index in [4.69, 9.17) is 5.73 Å². The first-order chi connectivity index (χ1) is 7.88. The van der Waals surface area contributed by atoms with Gasteiger partial charge in [0.15, 0.2) is 0 Å². The Labute approximate surface area is 110 Å². The Morgan fingerprint density at radius 2 is 1.67 bits per heavy atom. The van der Waals surface area contributed by atoms with E-state index in [1.807, 2.05) is 18.2 Å². The maximum Gasteiger partial charge on any atom is 0.127 e. The average Bonchev–Trinajstić information content (AvgIpc) is 2.61. The smallest absolute Gasteiger partial charge is 0.127 e. The van der Waals surface area contributed by atoms with Gasteiger partial charge in [0.25, 0.3) is 0 Å². The number of nitrogens with two attached hydrogens (primary N) is 1. The minimum absolute atomic E-state index is 0. The molecule has 2 N–H and O–H groups in total. The van der Waals surface area contributed by atoms with Gasteiger partial charge in [-0.25, -0.2) is 4.68 Å². The molecule has 0 amide bonds. The van der Waals surface area contributed by atoms with E-state index < -0.39 is 0 Å². The van der Waals surface area contributed by atoms with Crippen LogP contribution in [0.2, 0.25) is 0 Å². The number of hydrogen-bond acceptors (Lipinski definition) is 2. The highest BCUT2D eigenvalue weighted by Crippen LogP contribution is 2.24. The molecule has 1 aromatic carbocycles. The quantitative estimate of drug-likeness (QED) is 0.832. The summed E-state index contributed by atoms with van der Waals surface area (Å²) in [6, 6.07) is 10.1. The van der Waals surface area contributed by atoms with E-state index in [2.05, 4.69) is 44.9 Å².